The third-order valence-electron chi connectivity index (χ3n) is 2.60. The van der Waals surface area contributed by atoms with E-state index < -0.39 is 5.91 Å². The van der Waals surface area contributed by atoms with Crippen molar-refractivity contribution < 1.29 is 14.6 Å². The highest BCUT2D eigenvalue weighted by molar-refractivity contribution is 6.05. The van der Waals surface area contributed by atoms with Gasteiger partial charge >= 0.3 is 0 Å². The van der Waals surface area contributed by atoms with E-state index in [2.05, 4.69) is 10.3 Å². The van der Waals surface area contributed by atoms with Crippen LogP contribution in [0.1, 0.15) is 15.9 Å². The number of hydrogen-bond donors (Lipinski definition) is 2. The van der Waals surface area contributed by atoms with Crippen LogP contribution in [0.3, 0.4) is 0 Å². The lowest BCUT2D eigenvalue weighted by molar-refractivity contribution is 0.102. The number of pyridine rings is 1. The molecule has 19 heavy (non-hydrogen) atoms. The number of carbonyl (C=O) groups excluding carboxylic acids is 1. The second-order valence-electron chi connectivity index (χ2n) is 4.06. The number of hydrogen-bond acceptors (Lipinski definition) is 4. The smallest absolute Gasteiger partial charge is 0.260 e. The molecule has 98 valence electrons. The Morgan fingerprint density at radius 1 is 1.32 bits per heavy atom. The Morgan fingerprint density at radius 3 is 2.68 bits per heavy atom. The minimum absolute atomic E-state index is 0.135. The number of methoxy groups -OCH3 is 1. The Balaban J connectivity index is 2.18. The number of nitrogens with zero attached hydrogens (tertiary/aromatic N) is 1. The van der Waals surface area contributed by atoms with Gasteiger partial charge in [0.05, 0.1) is 12.7 Å². The number of carbonyl (C=O) groups is 1. The van der Waals surface area contributed by atoms with Gasteiger partial charge in [0.1, 0.15) is 17.3 Å². The van der Waals surface area contributed by atoms with Crippen LogP contribution in [0.15, 0.2) is 36.5 Å². The molecule has 0 atom stereocenters. The van der Waals surface area contributed by atoms with Crippen molar-refractivity contribution in [1.29, 1.82) is 0 Å². The van der Waals surface area contributed by atoms with Crippen molar-refractivity contribution in [3.05, 3.63) is 47.7 Å². The van der Waals surface area contributed by atoms with E-state index in [-0.39, 0.29) is 11.3 Å². The molecule has 0 unspecified atom stereocenters. The highest BCUT2D eigenvalue weighted by Gasteiger charge is 2.12. The Kier molecular flexibility index (Phi) is 3.66. The molecule has 0 saturated heterocycles. The van der Waals surface area contributed by atoms with Crippen LogP contribution in [0.5, 0.6) is 11.5 Å². The molecule has 2 aromatic rings. The highest BCUT2D eigenvalue weighted by Crippen LogP contribution is 2.24. The number of amides is 1. The summed E-state index contributed by atoms with van der Waals surface area (Å²) >= 11 is 0. The summed E-state index contributed by atoms with van der Waals surface area (Å²) in [6.07, 6.45) is 1.66. The summed E-state index contributed by atoms with van der Waals surface area (Å²) < 4.78 is 4.96. The molecule has 5 heteroatoms. The van der Waals surface area contributed by atoms with Crippen LogP contribution in [-0.2, 0) is 0 Å². The van der Waals surface area contributed by atoms with Gasteiger partial charge in [-0.2, -0.15) is 0 Å². The molecule has 0 aliphatic rings. The zero-order chi connectivity index (χ0) is 13.8. The molecule has 0 saturated carbocycles. The lowest BCUT2D eigenvalue weighted by Crippen LogP contribution is -2.13. The number of anilines is 1. The van der Waals surface area contributed by atoms with Gasteiger partial charge in [0.2, 0.25) is 0 Å². The molecule has 1 aromatic heterocycles. The van der Waals surface area contributed by atoms with Crippen molar-refractivity contribution in [3.63, 3.8) is 0 Å². The van der Waals surface area contributed by atoms with Gasteiger partial charge in [-0.05, 0) is 30.7 Å². The quantitative estimate of drug-likeness (QED) is 0.886. The van der Waals surface area contributed by atoms with E-state index in [4.69, 9.17) is 4.74 Å². The van der Waals surface area contributed by atoms with E-state index >= 15 is 0 Å². The van der Waals surface area contributed by atoms with E-state index in [1.807, 2.05) is 13.0 Å². The van der Waals surface area contributed by atoms with Gasteiger partial charge in [-0.3, -0.25) is 4.79 Å². The highest BCUT2D eigenvalue weighted by atomic mass is 16.5. The molecular weight excluding hydrogens is 244 g/mol. The summed E-state index contributed by atoms with van der Waals surface area (Å²) in [7, 11) is 1.49. The first-order valence-electron chi connectivity index (χ1n) is 5.71. The van der Waals surface area contributed by atoms with E-state index in [9.17, 15) is 9.90 Å². The molecule has 0 aliphatic carbocycles. The van der Waals surface area contributed by atoms with E-state index in [1.54, 1.807) is 18.3 Å². The number of phenols is 1. The number of rotatable bonds is 3. The van der Waals surface area contributed by atoms with Gasteiger partial charge < -0.3 is 15.2 Å². The summed E-state index contributed by atoms with van der Waals surface area (Å²) in [5.41, 5.74) is 1.17. The molecule has 0 radical (unpaired) electrons. The van der Waals surface area contributed by atoms with Gasteiger partial charge in [0, 0.05) is 12.3 Å². The molecule has 0 spiro atoms. The largest absolute Gasteiger partial charge is 0.507 e. The fourth-order valence-electron chi connectivity index (χ4n) is 1.56. The minimum atomic E-state index is -0.420. The van der Waals surface area contributed by atoms with Crippen LogP contribution in [0, 0.1) is 6.92 Å². The maximum Gasteiger partial charge on any atom is 0.260 e. The second kappa shape index (κ2) is 5.39. The van der Waals surface area contributed by atoms with Gasteiger partial charge in [-0.1, -0.05) is 6.07 Å². The number of nitrogens with one attached hydrogen (secondary N) is 1. The zero-order valence-electron chi connectivity index (χ0n) is 10.7. The first-order valence-corrected chi connectivity index (χ1v) is 5.71. The third-order valence-corrected chi connectivity index (χ3v) is 2.60. The fourth-order valence-corrected chi connectivity index (χ4v) is 1.56. The lowest BCUT2D eigenvalue weighted by atomic mass is 10.2. The van der Waals surface area contributed by atoms with Gasteiger partial charge in [-0.15, -0.1) is 0 Å². The molecule has 0 fully saturated rings. The van der Waals surface area contributed by atoms with Gasteiger partial charge in [0.15, 0.2) is 0 Å². The lowest BCUT2D eigenvalue weighted by Gasteiger charge is -2.07. The number of aromatic nitrogens is 1. The molecule has 1 heterocycles. The summed E-state index contributed by atoms with van der Waals surface area (Å²) in [5.74, 6) is 0.369. The maximum absolute atomic E-state index is 12.0. The molecule has 2 rings (SSSR count). The van der Waals surface area contributed by atoms with Crippen molar-refractivity contribution >= 4 is 11.7 Å². The van der Waals surface area contributed by atoms with Crippen molar-refractivity contribution in [1.82, 2.24) is 4.98 Å². The first-order chi connectivity index (χ1) is 9.10. The van der Waals surface area contributed by atoms with Crippen LogP contribution in [0.25, 0.3) is 0 Å². The fraction of sp³-hybridized carbons (Fsp3) is 0.143. The van der Waals surface area contributed by atoms with Crippen LogP contribution >= 0.6 is 0 Å². The zero-order valence-corrected chi connectivity index (χ0v) is 10.7. The molecule has 2 N–H and O–H groups in total. The van der Waals surface area contributed by atoms with Crippen LogP contribution < -0.4 is 10.1 Å². The predicted molar refractivity (Wildman–Crippen MR) is 71.6 cm³/mol. The molecule has 1 amide bonds. The molecule has 0 bridgehead atoms. The van der Waals surface area contributed by atoms with E-state index in [0.717, 1.165) is 5.56 Å². The number of ether oxygens (including phenoxy) is 1. The van der Waals surface area contributed by atoms with Gasteiger partial charge in [-0.25, -0.2) is 4.98 Å². The minimum Gasteiger partial charge on any atom is -0.507 e. The van der Waals surface area contributed by atoms with Gasteiger partial charge in [0.25, 0.3) is 5.91 Å². The molecule has 5 nitrogen and oxygen atoms in total. The number of phenolic OH excluding ortho intramolecular Hbond substituents is 1. The number of aromatic hydroxyl groups is 1. The maximum atomic E-state index is 12.0. The molecule has 1 aromatic carbocycles. The average Bonchev–Trinajstić information content (AvgIpc) is 2.41. The van der Waals surface area contributed by atoms with Crippen LogP contribution in [0.2, 0.25) is 0 Å². The Labute approximate surface area is 110 Å². The standard InChI is InChI=1S/C14H14N2O3/c1-9-3-6-13(15-8-9)16-14(18)11-5-4-10(19-2)7-12(11)17/h3-8,17H,1-2H3,(H,15,16,18). The molecular formula is C14H14N2O3. The van der Waals surface area contributed by atoms with Crippen LogP contribution in [0.4, 0.5) is 5.82 Å². The third kappa shape index (κ3) is 3.01. The topological polar surface area (TPSA) is 71.5 Å². The van der Waals surface area contributed by atoms with Crippen molar-refractivity contribution in [2.45, 2.75) is 6.92 Å². The Morgan fingerprint density at radius 2 is 2.11 bits per heavy atom. The van der Waals surface area contributed by atoms with Crippen molar-refractivity contribution in [3.8, 4) is 11.5 Å². The molecule has 0 aliphatic heterocycles. The number of benzene rings is 1. The average molecular weight is 258 g/mol. The Bertz CT molecular complexity index is 594. The summed E-state index contributed by atoms with van der Waals surface area (Å²) in [6.45, 7) is 1.91. The normalized spacial score (nSPS) is 10.0. The SMILES string of the molecule is COc1ccc(C(=O)Nc2ccc(C)cn2)c(O)c1. The number of aryl methyl sites for hydroxylation is 1. The van der Waals surface area contributed by atoms with E-state index in [1.165, 1.54) is 19.2 Å². The predicted octanol–water partition coefficient (Wildman–Crippen LogP) is 2.36. The summed E-state index contributed by atoms with van der Waals surface area (Å²) in [4.78, 5) is 16.0. The monoisotopic (exact) mass is 258 g/mol. The van der Waals surface area contributed by atoms with Crippen LogP contribution in [-0.4, -0.2) is 23.1 Å². The van der Waals surface area contributed by atoms with E-state index in [0.29, 0.717) is 11.6 Å². The summed E-state index contributed by atoms with van der Waals surface area (Å²) in [5, 5.41) is 12.4. The summed E-state index contributed by atoms with van der Waals surface area (Å²) in [6, 6.07) is 8.04. The van der Waals surface area contributed by atoms with Crippen molar-refractivity contribution in [2.75, 3.05) is 12.4 Å². The Hall–Kier alpha value is -2.56. The second-order valence-corrected chi connectivity index (χ2v) is 4.06. The first kappa shape index (κ1) is 12.9. The van der Waals surface area contributed by atoms with Crippen molar-refractivity contribution in [2.24, 2.45) is 0 Å².